The van der Waals surface area contributed by atoms with Crippen LogP contribution in [0.15, 0.2) is 78.9 Å². The quantitative estimate of drug-likeness (QED) is 0.640. The zero-order chi connectivity index (χ0) is 18.2. The van der Waals surface area contributed by atoms with Crippen molar-refractivity contribution in [3.63, 3.8) is 0 Å². The summed E-state index contributed by atoms with van der Waals surface area (Å²) in [6.45, 7) is 1.55. The third-order valence-electron chi connectivity index (χ3n) is 3.94. The summed E-state index contributed by atoms with van der Waals surface area (Å²) >= 11 is 6.06. The second-order valence-corrected chi connectivity index (χ2v) is 6.37. The molecule has 0 atom stereocenters. The van der Waals surface area contributed by atoms with Crippen LogP contribution in [0.5, 0.6) is 0 Å². The lowest BCUT2D eigenvalue weighted by molar-refractivity contribution is 0.0951. The Kier molecular flexibility index (Phi) is 6.42. The first-order valence-electron chi connectivity index (χ1n) is 8.44. The number of ether oxygens (including phenoxy) is 1. The van der Waals surface area contributed by atoms with Crippen molar-refractivity contribution in [2.75, 3.05) is 0 Å². The molecule has 26 heavy (non-hydrogen) atoms. The number of benzene rings is 3. The molecule has 0 aliphatic heterocycles. The molecule has 0 unspecified atom stereocenters. The van der Waals surface area contributed by atoms with Crippen LogP contribution < -0.4 is 5.32 Å². The van der Waals surface area contributed by atoms with Gasteiger partial charge in [-0.05, 0) is 28.8 Å². The summed E-state index contributed by atoms with van der Waals surface area (Å²) in [5.74, 6) is -0.179. The second-order valence-electron chi connectivity index (χ2n) is 5.96. The topological polar surface area (TPSA) is 38.3 Å². The highest BCUT2D eigenvalue weighted by molar-refractivity contribution is 6.33. The minimum absolute atomic E-state index is 0.179. The van der Waals surface area contributed by atoms with E-state index in [9.17, 15) is 4.79 Å². The van der Waals surface area contributed by atoms with Gasteiger partial charge in [0.25, 0.3) is 5.91 Å². The van der Waals surface area contributed by atoms with E-state index in [4.69, 9.17) is 16.3 Å². The van der Waals surface area contributed by atoms with E-state index in [0.717, 1.165) is 16.7 Å². The largest absolute Gasteiger partial charge is 0.372 e. The Morgan fingerprint density at radius 2 is 1.46 bits per heavy atom. The predicted molar refractivity (Wildman–Crippen MR) is 104 cm³/mol. The van der Waals surface area contributed by atoms with Crippen molar-refractivity contribution in [1.29, 1.82) is 0 Å². The van der Waals surface area contributed by atoms with Crippen LogP contribution in [-0.2, 0) is 24.5 Å². The summed E-state index contributed by atoms with van der Waals surface area (Å²) in [6, 6.07) is 25.1. The van der Waals surface area contributed by atoms with Gasteiger partial charge in [-0.1, -0.05) is 78.3 Å². The van der Waals surface area contributed by atoms with Crippen LogP contribution in [0.1, 0.15) is 27.0 Å². The number of hydrogen-bond acceptors (Lipinski definition) is 2. The molecule has 0 fully saturated rings. The van der Waals surface area contributed by atoms with Crippen molar-refractivity contribution in [3.8, 4) is 0 Å². The Hall–Kier alpha value is -2.62. The highest BCUT2D eigenvalue weighted by atomic mass is 35.5. The first-order chi connectivity index (χ1) is 12.7. The number of carbonyl (C=O) groups excluding carboxylic acids is 1. The van der Waals surface area contributed by atoms with Crippen molar-refractivity contribution >= 4 is 17.5 Å². The number of carbonyl (C=O) groups is 1. The van der Waals surface area contributed by atoms with Crippen LogP contribution >= 0.6 is 11.6 Å². The molecule has 3 nitrogen and oxygen atoms in total. The van der Waals surface area contributed by atoms with Gasteiger partial charge in [-0.25, -0.2) is 0 Å². The smallest absolute Gasteiger partial charge is 0.253 e. The molecule has 1 amide bonds. The fraction of sp³-hybridized carbons (Fsp3) is 0.136. The lowest BCUT2D eigenvalue weighted by Crippen LogP contribution is -2.23. The fourth-order valence-corrected chi connectivity index (χ4v) is 2.83. The predicted octanol–water partition coefficient (Wildman–Crippen LogP) is 4.99. The summed E-state index contributed by atoms with van der Waals surface area (Å²) in [7, 11) is 0. The number of amides is 1. The summed E-state index contributed by atoms with van der Waals surface area (Å²) in [5, 5.41) is 3.35. The third-order valence-corrected chi connectivity index (χ3v) is 4.27. The van der Waals surface area contributed by atoms with Gasteiger partial charge in [0, 0.05) is 6.54 Å². The van der Waals surface area contributed by atoms with Gasteiger partial charge in [-0.3, -0.25) is 4.79 Å². The maximum absolute atomic E-state index is 12.2. The molecule has 0 aliphatic carbocycles. The Balaban J connectivity index is 1.52. The van der Waals surface area contributed by atoms with Crippen molar-refractivity contribution in [1.82, 2.24) is 5.32 Å². The molecule has 3 aromatic rings. The van der Waals surface area contributed by atoms with Gasteiger partial charge < -0.3 is 10.1 Å². The summed E-state index contributed by atoms with van der Waals surface area (Å²) in [4.78, 5) is 12.2. The van der Waals surface area contributed by atoms with E-state index in [1.807, 2.05) is 54.6 Å². The molecule has 0 radical (unpaired) electrons. The van der Waals surface area contributed by atoms with Crippen LogP contribution in [0.4, 0.5) is 0 Å². The standard InChI is InChI=1S/C22H20ClNO2/c23-21-12-5-4-11-20(21)22(25)24-14-18-9-6-10-19(13-18)16-26-15-17-7-2-1-3-8-17/h1-13H,14-16H2,(H,24,25). The average molecular weight is 366 g/mol. The Labute approximate surface area is 158 Å². The summed E-state index contributed by atoms with van der Waals surface area (Å²) in [6.07, 6.45) is 0. The zero-order valence-electron chi connectivity index (χ0n) is 14.3. The van der Waals surface area contributed by atoms with Gasteiger partial charge in [0.2, 0.25) is 0 Å². The minimum atomic E-state index is -0.179. The van der Waals surface area contributed by atoms with Crippen molar-refractivity contribution in [3.05, 3.63) is 106 Å². The minimum Gasteiger partial charge on any atom is -0.372 e. The van der Waals surface area contributed by atoms with E-state index in [1.165, 1.54) is 0 Å². The van der Waals surface area contributed by atoms with E-state index in [1.54, 1.807) is 24.3 Å². The van der Waals surface area contributed by atoms with Crippen molar-refractivity contribution in [2.24, 2.45) is 0 Å². The average Bonchev–Trinajstić information content (AvgIpc) is 2.68. The lowest BCUT2D eigenvalue weighted by Gasteiger charge is -2.09. The number of hydrogen-bond donors (Lipinski definition) is 1. The molecule has 0 spiro atoms. The molecule has 132 valence electrons. The van der Waals surface area contributed by atoms with Gasteiger partial charge in [0.15, 0.2) is 0 Å². The van der Waals surface area contributed by atoms with E-state index >= 15 is 0 Å². The van der Waals surface area contributed by atoms with Crippen LogP contribution in [-0.4, -0.2) is 5.91 Å². The summed E-state index contributed by atoms with van der Waals surface area (Å²) < 4.78 is 5.77. The molecule has 1 N–H and O–H groups in total. The van der Waals surface area contributed by atoms with E-state index in [0.29, 0.717) is 30.3 Å². The molecule has 0 aliphatic rings. The molecule has 0 aromatic heterocycles. The zero-order valence-corrected chi connectivity index (χ0v) is 15.1. The van der Waals surface area contributed by atoms with Gasteiger partial charge in [-0.15, -0.1) is 0 Å². The molecule has 0 saturated heterocycles. The Morgan fingerprint density at radius 3 is 2.27 bits per heavy atom. The molecule has 0 heterocycles. The SMILES string of the molecule is O=C(NCc1cccc(COCc2ccccc2)c1)c1ccccc1Cl. The molecular weight excluding hydrogens is 346 g/mol. The molecular formula is C22H20ClNO2. The van der Waals surface area contributed by atoms with Gasteiger partial charge in [0.1, 0.15) is 0 Å². The van der Waals surface area contributed by atoms with Crippen LogP contribution in [0.25, 0.3) is 0 Å². The van der Waals surface area contributed by atoms with Gasteiger partial charge in [0.05, 0.1) is 23.8 Å². The first-order valence-corrected chi connectivity index (χ1v) is 8.82. The molecule has 0 bridgehead atoms. The van der Waals surface area contributed by atoms with Crippen LogP contribution in [0.2, 0.25) is 5.02 Å². The van der Waals surface area contributed by atoms with E-state index < -0.39 is 0 Å². The highest BCUT2D eigenvalue weighted by Crippen LogP contribution is 2.15. The van der Waals surface area contributed by atoms with Crippen LogP contribution in [0.3, 0.4) is 0 Å². The molecule has 3 rings (SSSR count). The monoisotopic (exact) mass is 365 g/mol. The Bertz CT molecular complexity index is 865. The number of nitrogens with one attached hydrogen (secondary N) is 1. The normalized spacial score (nSPS) is 10.5. The molecule has 4 heteroatoms. The maximum atomic E-state index is 12.2. The van der Waals surface area contributed by atoms with Gasteiger partial charge in [-0.2, -0.15) is 0 Å². The number of rotatable bonds is 7. The fourth-order valence-electron chi connectivity index (χ4n) is 2.61. The summed E-state index contributed by atoms with van der Waals surface area (Å²) in [5.41, 5.74) is 3.73. The lowest BCUT2D eigenvalue weighted by atomic mass is 10.1. The third kappa shape index (κ3) is 5.19. The highest BCUT2D eigenvalue weighted by Gasteiger charge is 2.09. The Morgan fingerprint density at radius 1 is 0.808 bits per heavy atom. The van der Waals surface area contributed by atoms with E-state index in [-0.39, 0.29) is 5.91 Å². The number of halogens is 1. The van der Waals surface area contributed by atoms with Crippen molar-refractivity contribution < 1.29 is 9.53 Å². The first kappa shape index (κ1) is 18.2. The maximum Gasteiger partial charge on any atom is 0.253 e. The molecule has 0 saturated carbocycles. The second kappa shape index (κ2) is 9.18. The van der Waals surface area contributed by atoms with E-state index in [2.05, 4.69) is 5.32 Å². The molecule has 3 aromatic carbocycles. The van der Waals surface area contributed by atoms with Crippen LogP contribution in [0, 0.1) is 0 Å². The van der Waals surface area contributed by atoms with Crippen molar-refractivity contribution in [2.45, 2.75) is 19.8 Å². The van der Waals surface area contributed by atoms with Gasteiger partial charge >= 0.3 is 0 Å².